The van der Waals surface area contributed by atoms with E-state index in [4.69, 9.17) is 4.74 Å². The second-order valence-corrected chi connectivity index (χ2v) is 2.47. The quantitative estimate of drug-likeness (QED) is 0.612. The van der Waals surface area contributed by atoms with E-state index in [0.29, 0.717) is 6.61 Å². The Hall–Kier alpha value is -0.770. The van der Waals surface area contributed by atoms with Gasteiger partial charge in [0.1, 0.15) is 0 Å². The fraction of sp³-hybridized carbons (Fsp3) is 0.857. The van der Waals surface area contributed by atoms with Gasteiger partial charge >= 0.3 is 6.09 Å². The number of hydrogen-bond donors (Lipinski definition) is 1. The van der Waals surface area contributed by atoms with Crippen molar-refractivity contribution in [3.63, 3.8) is 0 Å². The maximum atomic E-state index is 11.0. The second-order valence-electron chi connectivity index (χ2n) is 2.47. The van der Waals surface area contributed by atoms with E-state index in [0.717, 1.165) is 25.9 Å². The molecule has 0 aromatic carbocycles. The normalized spacial score (nSPS) is 18.1. The molecule has 0 aromatic rings. The molecule has 0 aromatic heterocycles. The van der Waals surface area contributed by atoms with E-state index in [2.05, 4.69) is 5.43 Å². The Balaban J connectivity index is 2.27. The highest BCUT2D eigenvalue weighted by molar-refractivity contribution is 5.66. The first kappa shape index (κ1) is 8.33. The first-order valence-corrected chi connectivity index (χ1v) is 4.02. The summed E-state index contributed by atoms with van der Waals surface area (Å²) >= 11 is 0. The molecule has 4 nitrogen and oxygen atoms in total. The van der Waals surface area contributed by atoms with E-state index in [-0.39, 0.29) is 6.09 Å². The van der Waals surface area contributed by atoms with Crippen LogP contribution >= 0.6 is 0 Å². The van der Waals surface area contributed by atoms with Crippen molar-refractivity contribution in [2.24, 2.45) is 0 Å². The predicted molar refractivity (Wildman–Crippen MR) is 41.0 cm³/mol. The second kappa shape index (κ2) is 4.18. The third-order valence-electron chi connectivity index (χ3n) is 1.60. The maximum Gasteiger partial charge on any atom is 0.424 e. The minimum Gasteiger partial charge on any atom is -0.449 e. The SMILES string of the molecule is CCOC(=O)N1CCCCN1. The monoisotopic (exact) mass is 158 g/mol. The maximum absolute atomic E-state index is 11.0. The highest BCUT2D eigenvalue weighted by Crippen LogP contribution is 2.00. The van der Waals surface area contributed by atoms with Crippen LogP contribution in [0.4, 0.5) is 4.79 Å². The van der Waals surface area contributed by atoms with Crippen LogP contribution in [-0.2, 0) is 4.74 Å². The van der Waals surface area contributed by atoms with Crippen molar-refractivity contribution in [1.29, 1.82) is 0 Å². The van der Waals surface area contributed by atoms with Gasteiger partial charge < -0.3 is 4.74 Å². The summed E-state index contributed by atoms with van der Waals surface area (Å²) in [6.07, 6.45) is 1.94. The molecule has 0 saturated carbocycles. The Morgan fingerprint density at radius 3 is 3.00 bits per heavy atom. The van der Waals surface area contributed by atoms with Gasteiger partial charge in [0.25, 0.3) is 0 Å². The van der Waals surface area contributed by atoms with Gasteiger partial charge in [-0.05, 0) is 19.8 Å². The zero-order valence-electron chi connectivity index (χ0n) is 6.80. The van der Waals surface area contributed by atoms with Crippen molar-refractivity contribution >= 4 is 6.09 Å². The highest BCUT2D eigenvalue weighted by Gasteiger charge is 2.15. The summed E-state index contributed by atoms with van der Waals surface area (Å²) in [5, 5.41) is 1.53. The van der Waals surface area contributed by atoms with Crippen LogP contribution in [0.25, 0.3) is 0 Å². The minimum atomic E-state index is -0.257. The van der Waals surface area contributed by atoms with Gasteiger partial charge in [-0.1, -0.05) is 0 Å². The van der Waals surface area contributed by atoms with Gasteiger partial charge in [0, 0.05) is 13.1 Å². The first-order valence-electron chi connectivity index (χ1n) is 4.02. The van der Waals surface area contributed by atoms with E-state index in [9.17, 15) is 4.79 Å². The van der Waals surface area contributed by atoms with Crippen LogP contribution in [0, 0.1) is 0 Å². The van der Waals surface area contributed by atoms with Crippen LogP contribution < -0.4 is 5.43 Å². The molecule has 11 heavy (non-hydrogen) atoms. The summed E-state index contributed by atoms with van der Waals surface area (Å²) in [7, 11) is 0. The lowest BCUT2D eigenvalue weighted by atomic mass is 10.3. The van der Waals surface area contributed by atoms with Crippen LogP contribution in [-0.4, -0.2) is 30.8 Å². The largest absolute Gasteiger partial charge is 0.449 e. The molecule has 0 atom stereocenters. The molecule has 1 heterocycles. The highest BCUT2D eigenvalue weighted by atomic mass is 16.6. The Kier molecular flexibility index (Phi) is 3.16. The summed E-state index contributed by atoms with van der Waals surface area (Å²) < 4.78 is 4.81. The number of hydrazine groups is 1. The number of hydrogen-bond acceptors (Lipinski definition) is 3. The molecule has 0 radical (unpaired) electrons. The van der Waals surface area contributed by atoms with Crippen LogP contribution in [0.5, 0.6) is 0 Å². The van der Waals surface area contributed by atoms with E-state index < -0.39 is 0 Å². The van der Waals surface area contributed by atoms with Crippen molar-refractivity contribution in [3.8, 4) is 0 Å². The summed E-state index contributed by atoms with van der Waals surface area (Å²) in [4.78, 5) is 11.0. The Morgan fingerprint density at radius 2 is 2.45 bits per heavy atom. The van der Waals surface area contributed by atoms with Crippen LogP contribution in [0.1, 0.15) is 19.8 Å². The number of nitrogens with zero attached hydrogens (tertiary/aromatic N) is 1. The number of amides is 1. The van der Waals surface area contributed by atoms with Gasteiger partial charge in [0.2, 0.25) is 0 Å². The Bertz CT molecular complexity index is 132. The van der Waals surface area contributed by atoms with E-state index in [1.807, 2.05) is 6.92 Å². The average molecular weight is 158 g/mol. The molecule has 0 spiro atoms. The number of carbonyl (C=O) groups is 1. The molecule has 1 fully saturated rings. The van der Waals surface area contributed by atoms with Crippen LogP contribution in [0.2, 0.25) is 0 Å². The molecule has 1 aliphatic rings. The fourth-order valence-electron chi connectivity index (χ4n) is 1.05. The lowest BCUT2D eigenvalue weighted by Gasteiger charge is -2.26. The average Bonchev–Trinajstić information content (AvgIpc) is 2.07. The molecule has 0 bridgehead atoms. The zero-order chi connectivity index (χ0) is 8.10. The lowest BCUT2D eigenvalue weighted by Crippen LogP contribution is -2.47. The number of nitrogens with one attached hydrogen (secondary N) is 1. The molecular formula is C7H14N2O2. The Morgan fingerprint density at radius 1 is 1.64 bits per heavy atom. The standard InChI is InChI=1S/C7H14N2O2/c1-2-11-7(10)9-6-4-3-5-8-9/h8H,2-6H2,1H3. The molecular weight excluding hydrogens is 144 g/mol. The van der Waals surface area contributed by atoms with Gasteiger partial charge in [0.15, 0.2) is 0 Å². The smallest absolute Gasteiger partial charge is 0.424 e. The molecule has 1 N–H and O–H groups in total. The van der Waals surface area contributed by atoms with Crippen molar-refractivity contribution in [1.82, 2.24) is 10.4 Å². The van der Waals surface area contributed by atoms with Crippen molar-refractivity contribution in [2.75, 3.05) is 19.7 Å². The molecule has 4 heteroatoms. The van der Waals surface area contributed by atoms with Crippen LogP contribution in [0.15, 0.2) is 0 Å². The number of rotatable bonds is 1. The molecule has 1 aliphatic heterocycles. The predicted octanol–water partition coefficient (Wildman–Crippen LogP) is 0.743. The third kappa shape index (κ3) is 2.38. The summed E-state index contributed by atoms with van der Waals surface area (Å²) in [6.45, 7) is 3.89. The molecule has 0 unspecified atom stereocenters. The van der Waals surface area contributed by atoms with E-state index in [1.165, 1.54) is 5.01 Å². The Labute approximate surface area is 66.5 Å². The lowest BCUT2D eigenvalue weighted by molar-refractivity contribution is 0.0768. The fourth-order valence-corrected chi connectivity index (χ4v) is 1.05. The summed E-state index contributed by atoms with van der Waals surface area (Å²) in [6, 6.07) is 0. The minimum absolute atomic E-state index is 0.257. The van der Waals surface area contributed by atoms with Gasteiger partial charge in [-0.25, -0.2) is 15.2 Å². The molecule has 1 rings (SSSR count). The topological polar surface area (TPSA) is 41.6 Å². The summed E-state index contributed by atoms with van der Waals surface area (Å²) in [5.41, 5.74) is 2.96. The zero-order valence-corrected chi connectivity index (χ0v) is 6.80. The third-order valence-corrected chi connectivity index (χ3v) is 1.60. The molecule has 0 aliphatic carbocycles. The molecule has 1 saturated heterocycles. The van der Waals surface area contributed by atoms with Gasteiger partial charge in [0.05, 0.1) is 6.61 Å². The van der Waals surface area contributed by atoms with Crippen LogP contribution in [0.3, 0.4) is 0 Å². The number of ether oxygens (including phenoxy) is 1. The van der Waals surface area contributed by atoms with Gasteiger partial charge in [-0.2, -0.15) is 0 Å². The number of carbonyl (C=O) groups excluding carboxylic acids is 1. The summed E-state index contributed by atoms with van der Waals surface area (Å²) in [5.74, 6) is 0. The molecule has 1 amide bonds. The van der Waals surface area contributed by atoms with Crippen molar-refractivity contribution < 1.29 is 9.53 Å². The van der Waals surface area contributed by atoms with Gasteiger partial charge in [-0.3, -0.25) is 0 Å². The van der Waals surface area contributed by atoms with Gasteiger partial charge in [-0.15, -0.1) is 0 Å². The van der Waals surface area contributed by atoms with E-state index in [1.54, 1.807) is 0 Å². The van der Waals surface area contributed by atoms with Crippen molar-refractivity contribution in [3.05, 3.63) is 0 Å². The molecule has 64 valence electrons. The van der Waals surface area contributed by atoms with Crippen molar-refractivity contribution in [2.45, 2.75) is 19.8 Å². The van der Waals surface area contributed by atoms with E-state index >= 15 is 0 Å². The first-order chi connectivity index (χ1) is 5.34.